The third-order valence-corrected chi connectivity index (χ3v) is 2.48. The highest BCUT2D eigenvalue weighted by atomic mass is 19.4. The zero-order valence-electron chi connectivity index (χ0n) is 10.3. The minimum absolute atomic E-state index is 0.0425. The van der Waals surface area contributed by atoms with Crippen LogP contribution in [0.15, 0.2) is 18.2 Å². The molecule has 1 rings (SSSR count). The molecule has 1 N–H and O–H groups in total. The first kappa shape index (κ1) is 15.3. The fourth-order valence-electron chi connectivity index (χ4n) is 1.33. The summed E-state index contributed by atoms with van der Waals surface area (Å²) < 4.78 is 46.5. The molecule has 0 fully saturated rings. The van der Waals surface area contributed by atoms with E-state index >= 15 is 0 Å². The molecule has 0 aliphatic carbocycles. The highest BCUT2D eigenvalue weighted by Crippen LogP contribution is 2.26. The number of halogens is 3. The van der Waals surface area contributed by atoms with Gasteiger partial charge < -0.3 is 14.6 Å². The molecule has 106 valence electrons. The second-order valence-corrected chi connectivity index (χ2v) is 3.83. The molecule has 1 atom stereocenters. The van der Waals surface area contributed by atoms with E-state index in [1.807, 2.05) is 0 Å². The quantitative estimate of drug-likeness (QED) is 0.899. The molecule has 0 aromatic heterocycles. The zero-order valence-corrected chi connectivity index (χ0v) is 10.3. The topological polar surface area (TPSA) is 55.8 Å². The van der Waals surface area contributed by atoms with Gasteiger partial charge in [0.05, 0.1) is 19.3 Å². The van der Waals surface area contributed by atoms with Gasteiger partial charge in [-0.25, -0.2) is 4.79 Å². The highest BCUT2D eigenvalue weighted by molar-refractivity contribution is 5.88. The SMILES string of the molecule is COc1ccc(C(=O)O)cc1COC(C)C(F)(F)F. The van der Waals surface area contributed by atoms with E-state index in [1.165, 1.54) is 25.3 Å². The van der Waals surface area contributed by atoms with Gasteiger partial charge in [0.2, 0.25) is 0 Å². The van der Waals surface area contributed by atoms with Crippen LogP contribution in [-0.4, -0.2) is 30.5 Å². The molecule has 0 aliphatic heterocycles. The monoisotopic (exact) mass is 278 g/mol. The molecule has 1 unspecified atom stereocenters. The van der Waals surface area contributed by atoms with Crippen molar-refractivity contribution >= 4 is 5.97 Å². The number of hydrogen-bond donors (Lipinski definition) is 1. The van der Waals surface area contributed by atoms with E-state index in [1.54, 1.807) is 0 Å². The molecule has 0 radical (unpaired) electrons. The van der Waals surface area contributed by atoms with Gasteiger partial charge in [-0.3, -0.25) is 0 Å². The number of carboxylic acid groups (broad SMARTS) is 1. The maximum Gasteiger partial charge on any atom is 0.414 e. The van der Waals surface area contributed by atoms with E-state index in [0.29, 0.717) is 0 Å². The fourth-order valence-corrected chi connectivity index (χ4v) is 1.33. The molecule has 19 heavy (non-hydrogen) atoms. The number of benzene rings is 1. The Labute approximate surface area is 107 Å². The Bertz CT molecular complexity index is 457. The predicted molar refractivity (Wildman–Crippen MR) is 60.3 cm³/mol. The van der Waals surface area contributed by atoms with Crippen LogP contribution in [0.1, 0.15) is 22.8 Å². The minimum atomic E-state index is -4.46. The number of alkyl halides is 3. The van der Waals surface area contributed by atoms with E-state index in [4.69, 9.17) is 9.84 Å². The minimum Gasteiger partial charge on any atom is -0.496 e. The van der Waals surface area contributed by atoms with Gasteiger partial charge in [0, 0.05) is 5.56 Å². The smallest absolute Gasteiger partial charge is 0.414 e. The first-order valence-electron chi connectivity index (χ1n) is 5.34. The average molecular weight is 278 g/mol. The van der Waals surface area contributed by atoms with E-state index in [-0.39, 0.29) is 23.5 Å². The molecule has 1 aromatic carbocycles. The van der Waals surface area contributed by atoms with Gasteiger partial charge >= 0.3 is 12.1 Å². The summed E-state index contributed by atoms with van der Waals surface area (Å²) in [5.74, 6) is -0.896. The molecule has 0 saturated carbocycles. The number of methoxy groups -OCH3 is 1. The Morgan fingerprint density at radius 2 is 2.05 bits per heavy atom. The van der Waals surface area contributed by atoms with Crippen molar-refractivity contribution < 1.29 is 32.5 Å². The predicted octanol–water partition coefficient (Wildman–Crippen LogP) is 2.86. The zero-order chi connectivity index (χ0) is 14.6. The second kappa shape index (κ2) is 5.92. The van der Waals surface area contributed by atoms with Crippen LogP contribution in [0.3, 0.4) is 0 Å². The Kier molecular flexibility index (Phi) is 4.77. The fraction of sp³-hybridized carbons (Fsp3) is 0.417. The summed E-state index contributed by atoms with van der Waals surface area (Å²) in [4.78, 5) is 10.8. The van der Waals surface area contributed by atoms with Gasteiger partial charge in [-0.1, -0.05) is 0 Å². The Hall–Kier alpha value is -1.76. The van der Waals surface area contributed by atoms with Crippen LogP contribution in [-0.2, 0) is 11.3 Å². The molecular formula is C12H13F3O4. The van der Waals surface area contributed by atoms with Crippen LogP contribution in [0, 0.1) is 0 Å². The lowest BCUT2D eigenvalue weighted by Gasteiger charge is -2.17. The van der Waals surface area contributed by atoms with E-state index < -0.39 is 18.2 Å². The summed E-state index contributed by atoms with van der Waals surface area (Å²) >= 11 is 0. The number of carboxylic acids is 1. The molecule has 0 aliphatic rings. The van der Waals surface area contributed by atoms with E-state index in [0.717, 1.165) is 6.92 Å². The van der Waals surface area contributed by atoms with Gasteiger partial charge in [-0.15, -0.1) is 0 Å². The summed E-state index contributed by atoms with van der Waals surface area (Å²) in [7, 11) is 1.34. The molecule has 7 heteroatoms. The molecule has 0 amide bonds. The Balaban J connectivity index is 2.87. The Morgan fingerprint density at radius 1 is 1.42 bits per heavy atom. The van der Waals surface area contributed by atoms with Gasteiger partial charge in [0.25, 0.3) is 0 Å². The van der Waals surface area contributed by atoms with Gasteiger partial charge in [0.15, 0.2) is 6.10 Å². The van der Waals surface area contributed by atoms with E-state index in [9.17, 15) is 18.0 Å². The van der Waals surface area contributed by atoms with Crippen molar-refractivity contribution in [3.8, 4) is 5.75 Å². The van der Waals surface area contributed by atoms with Crippen molar-refractivity contribution in [2.24, 2.45) is 0 Å². The highest BCUT2D eigenvalue weighted by Gasteiger charge is 2.37. The van der Waals surface area contributed by atoms with Crippen LogP contribution in [0.5, 0.6) is 5.75 Å². The lowest BCUT2D eigenvalue weighted by Crippen LogP contribution is -2.28. The molecule has 1 aromatic rings. The normalized spacial score (nSPS) is 13.1. The van der Waals surface area contributed by atoms with Crippen LogP contribution in [0.2, 0.25) is 0 Å². The molecule has 4 nitrogen and oxygen atoms in total. The van der Waals surface area contributed by atoms with Crippen LogP contribution >= 0.6 is 0 Å². The average Bonchev–Trinajstić information content (AvgIpc) is 2.34. The summed E-state index contributed by atoms with van der Waals surface area (Å²) in [6.07, 6.45) is -6.40. The van der Waals surface area contributed by atoms with Gasteiger partial charge in [0.1, 0.15) is 5.75 Å². The number of rotatable bonds is 5. The lowest BCUT2D eigenvalue weighted by atomic mass is 10.1. The maximum absolute atomic E-state index is 12.3. The number of aromatic carboxylic acids is 1. The molecule has 0 saturated heterocycles. The van der Waals surface area contributed by atoms with Crippen LogP contribution in [0.4, 0.5) is 13.2 Å². The summed E-state index contributed by atoms with van der Waals surface area (Å²) in [6, 6.07) is 3.91. The summed E-state index contributed by atoms with van der Waals surface area (Å²) in [5, 5.41) is 8.82. The second-order valence-electron chi connectivity index (χ2n) is 3.83. The summed E-state index contributed by atoms with van der Waals surface area (Å²) in [6.45, 7) is 0.499. The molecule has 0 bridgehead atoms. The lowest BCUT2D eigenvalue weighted by molar-refractivity contribution is -0.217. The molecular weight excluding hydrogens is 265 g/mol. The number of hydrogen-bond acceptors (Lipinski definition) is 3. The van der Waals surface area contributed by atoms with Gasteiger partial charge in [-0.2, -0.15) is 13.2 Å². The van der Waals surface area contributed by atoms with Crippen LogP contribution < -0.4 is 4.74 Å². The first-order valence-corrected chi connectivity index (χ1v) is 5.34. The van der Waals surface area contributed by atoms with Crippen molar-refractivity contribution in [2.75, 3.05) is 7.11 Å². The third-order valence-electron chi connectivity index (χ3n) is 2.48. The maximum atomic E-state index is 12.3. The van der Waals surface area contributed by atoms with E-state index in [2.05, 4.69) is 4.74 Å². The largest absolute Gasteiger partial charge is 0.496 e. The van der Waals surface area contributed by atoms with Crippen molar-refractivity contribution in [3.63, 3.8) is 0 Å². The number of carbonyl (C=O) groups is 1. The molecule has 0 spiro atoms. The number of ether oxygens (including phenoxy) is 2. The van der Waals surface area contributed by atoms with Crippen molar-refractivity contribution in [1.29, 1.82) is 0 Å². The first-order chi connectivity index (χ1) is 8.75. The Morgan fingerprint density at radius 3 is 2.53 bits per heavy atom. The molecule has 0 heterocycles. The van der Waals surface area contributed by atoms with Crippen molar-refractivity contribution in [2.45, 2.75) is 25.8 Å². The van der Waals surface area contributed by atoms with Gasteiger partial charge in [-0.05, 0) is 25.1 Å². The summed E-state index contributed by atoms with van der Waals surface area (Å²) in [5.41, 5.74) is 0.206. The van der Waals surface area contributed by atoms with Crippen molar-refractivity contribution in [3.05, 3.63) is 29.3 Å². The van der Waals surface area contributed by atoms with Crippen LogP contribution in [0.25, 0.3) is 0 Å². The van der Waals surface area contributed by atoms with Crippen molar-refractivity contribution in [1.82, 2.24) is 0 Å². The standard InChI is InChI=1S/C12H13F3O4/c1-7(12(13,14)15)19-6-9-5-8(11(16)17)3-4-10(9)18-2/h3-5,7H,6H2,1-2H3,(H,16,17). The third kappa shape index (κ3) is 4.13.